The number of hydrogen-bond donors (Lipinski definition) is 1. The molecular weight excluding hydrogens is 490 g/mol. The van der Waals surface area contributed by atoms with E-state index >= 15 is 0 Å². The van der Waals surface area contributed by atoms with Crippen LogP contribution in [-0.2, 0) is 13.0 Å². The highest BCUT2D eigenvalue weighted by Gasteiger charge is 2.14. The Morgan fingerprint density at radius 1 is 1.03 bits per heavy atom. The van der Waals surface area contributed by atoms with Gasteiger partial charge in [0.05, 0.1) is 0 Å². The summed E-state index contributed by atoms with van der Waals surface area (Å²) < 4.78 is 8.51. The molecule has 0 saturated heterocycles. The van der Waals surface area contributed by atoms with Crippen LogP contribution in [0.2, 0.25) is 0 Å². The number of furan rings is 1. The van der Waals surface area contributed by atoms with E-state index < -0.39 is 0 Å². The predicted octanol–water partition coefficient (Wildman–Crippen LogP) is 5.37. The van der Waals surface area contributed by atoms with Crippen molar-refractivity contribution < 1.29 is 9.21 Å². The highest BCUT2D eigenvalue weighted by molar-refractivity contribution is 9.10. The molecule has 1 N–H and O–H groups in total. The summed E-state index contributed by atoms with van der Waals surface area (Å²) in [5.74, 6) is 1.54. The molecule has 0 atom stereocenters. The third kappa shape index (κ3) is 4.09. The second kappa shape index (κ2) is 8.68. The van der Waals surface area contributed by atoms with Gasteiger partial charge in [-0.2, -0.15) is 9.61 Å². The van der Waals surface area contributed by atoms with Crippen molar-refractivity contribution in [1.82, 2.24) is 25.1 Å². The standard InChI is InChI=1S/C23H18BrN5O2S/c1-2-20-26-27-23-29(20)28-22(32-23)16-5-3-14(4-6-16)13-25-21(30)19-12-11-18(31-19)15-7-9-17(24)10-8-15/h3-12H,2,13H2,1H3,(H,25,30). The number of amides is 1. The smallest absolute Gasteiger partial charge is 0.287 e. The highest BCUT2D eigenvalue weighted by atomic mass is 79.9. The summed E-state index contributed by atoms with van der Waals surface area (Å²) in [5.41, 5.74) is 2.90. The van der Waals surface area contributed by atoms with Crippen LogP contribution in [0.1, 0.15) is 28.9 Å². The van der Waals surface area contributed by atoms with Crippen molar-refractivity contribution in [3.8, 4) is 21.9 Å². The quantitative estimate of drug-likeness (QED) is 0.334. The van der Waals surface area contributed by atoms with Gasteiger partial charge in [0.25, 0.3) is 5.91 Å². The van der Waals surface area contributed by atoms with Gasteiger partial charge in [-0.05, 0) is 29.8 Å². The number of aromatic nitrogens is 4. The number of rotatable bonds is 6. The zero-order valence-electron chi connectivity index (χ0n) is 17.1. The number of benzene rings is 2. The van der Waals surface area contributed by atoms with Crippen molar-refractivity contribution in [3.63, 3.8) is 0 Å². The summed E-state index contributed by atoms with van der Waals surface area (Å²) in [6.07, 6.45) is 0.781. The molecule has 0 fully saturated rings. The van der Waals surface area contributed by atoms with Crippen LogP contribution in [0, 0.1) is 0 Å². The molecule has 0 aliphatic heterocycles. The van der Waals surface area contributed by atoms with Crippen LogP contribution in [0.5, 0.6) is 0 Å². The highest BCUT2D eigenvalue weighted by Crippen LogP contribution is 2.26. The first-order chi connectivity index (χ1) is 15.6. The summed E-state index contributed by atoms with van der Waals surface area (Å²) in [4.78, 5) is 13.3. The van der Waals surface area contributed by atoms with Gasteiger partial charge in [0.2, 0.25) is 4.96 Å². The maximum atomic E-state index is 12.5. The predicted molar refractivity (Wildman–Crippen MR) is 126 cm³/mol. The third-order valence-corrected chi connectivity index (χ3v) is 6.46. The normalized spacial score (nSPS) is 11.2. The maximum Gasteiger partial charge on any atom is 0.287 e. The molecule has 3 aromatic heterocycles. The SMILES string of the molecule is CCc1nnc2sc(-c3ccc(CNC(=O)c4ccc(-c5ccc(Br)cc5)o4)cc3)nn12. The Morgan fingerprint density at radius 2 is 1.78 bits per heavy atom. The monoisotopic (exact) mass is 507 g/mol. The molecule has 0 unspecified atom stereocenters. The minimum absolute atomic E-state index is 0.252. The summed E-state index contributed by atoms with van der Waals surface area (Å²) in [7, 11) is 0. The molecule has 0 spiro atoms. The fourth-order valence-electron chi connectivity index (χ4n) is 3.26. The summed E-state index contributed by atoms with van der Waals surface area (Å²) >= 11 is 4.92. The van der Waals surface area contributed by atoms with Crippen molar-refractivity contribution in [2.24, 2.45) is 0 Å². The van der Waals surface area contributed by atoms with Gasteiger partial charge in [-0.3, -0.25) is 4.79 Å². The van der Waals surface area contributed by atoms with E-state index in [4.69, 9.17) is 4.42 Å². The largest absolute Gasteiger partial charge is 0.451 e. The first kappa shape index (κ1) is 20.6. The van der Waals surface area contributed by atoms with E-state index in [0.29, 0.717) is 12.3 Å². The van der Waals surface area contributed by atoms with Crippen LogP contribution in [0.3, 0.4) is 0 Å². The number of carbonyl (C=O) groups excluding carboxylic acids is 1. The van der Waals surface area contributed by atoms with Crippen LogP contribution >= 0.6 is 27.3 Å². The van der Waals surface area contributed by atoms with Gasteiger partial charge in [-0.25, -0.2) is 0 Å². The average Bonchev–Trinajstić information content (AvgIpc) is 3.54. The molecule has 2 aromatic carbocycles. The molecule has 7 nitrogen and oxygen atoms in total. The molecule has 160 valence electrons. The zero-order valence-corrected chi connectivity index (χ0v) is 19.5. The topological polar surface area (TPSA) is 85.3 Å². The van der Waals surface area contributed by atoms with Gasteiger partial charge in [0, 0.05) is 28.6 Å². The summed E-state index contributed by atoms with van der Waals surface area (Å²) in [6, 6.07) is 19.2. The van der Waals surface area contributed by atoms with Crippen LogP contribution in [-0.4, -0.2) is 25.7 Å². The van der Waals surface area contributed by atoms with Crippen LogP contribution in [0.4, 0.5) is 0 Å². The number of aryl methyl sites for hydroxylation is 1. The van der Waals surface area contributed by atoms with E-state index in [0.717, 1.165) is 43.4 Å². The fourth-order valence-corrected chi connectivity index (χ4v) is 4.39. The summed E-state index contributed by atoms with van der Waals surface area (Å²) in [5, 5.41) is 16.7. The Kier molecular flexibility index (Phi) is 5.59. The number of fused-ring (bicyclic) bond motifs is 1. The molecule has 0 aliphatic carbocycles. The second-order valence-corrected chi connectivity index (χ2v) is 8.99. The van der Waals surface area contributed by atoms with Gasteiger partial charge in [-0.15, -0.1) is 10.2 Å². The zero-order chi connectivity index (χ0) is 22.1. The molecule has 32 heavy (non-hydrogen) atoms. The Morgan fingerprint density at radius 3 is 2.53 bits per heavy atom. The molecule has 0 saturated carbocycles. The first-order valence-electron chi connectivity index (χ1n) is 10.0. The maximum absolute atomic E-state index is 12.5. The average molecular weight is 508 g/mol. The fraction of sp³-hybridized carbons (Fsp3) is 0.130. The molecule has 5 aromatic rings. The van der Waals surface area contributed by atoms with Crippen LogP contribution < -0.4 is 5.32 Å². The van der Waals surface area contributed by atoms with Crippen molar-refractivity contribution in [2.75, 3.05) is 0 Å². The first-order valence-corrected chi connectivity index (χ1v) is 11.7. The molecule has 0 radical (unpaired) electrons. The lowest BCUT2D eigenvalue weighted by molar-refractivity contribution is 0.0924. The Bertz CT molecular complexity index is 1390. The van der Waals surface area contributed by atoms with Gasteiger partial charge < -0.3 is 9.73 Å². The molecule has 0 aliphatic rings. The molecule has 1 amide bonds. The Hall–Kier alpha value is -3.30. The van der Waals surface area contributed by atoms with E-state index in [2.05, 4.69) is 36.5 Å². The molecule has 3 heterocycles. The number of hydrogen-bond acceptors (Lipinski definition) is 6. The van der Waals surface area contributed by atoms with Crippen molar-refractivity contribution >= 4 is 38.1 Å². The van der Waals surface area contributed by atoms with Crippen LogP contribution in [0.15, 0.2) is 69.6 Å². The van der Waals surface area contributed by atoms with Gasteiger partial charge in [0.1, 0.15) is 10.8 Å². The van der Waals surface area contributed by atoms with Crippen molar-refractivity contribution in [1.29, 1.82) is 0 Å². The third-order valence-electron chi connectivity index (χ3n) is 4.98. The minimum atomic E-state index is -0.252. The van der Waals surface area contributed by atoms with E-state index in [-0.39, 0.29) is 11.7 Å². The van der Waals surface area contributed by atoms with E-state index in [9.17, 15) is 4.79 Å². The lowest BCUT2D eigenvalue weighted by atomic mass is 10.1. The lowest BCUT2D eigenvalue weighted by Gasteiger charge is -2.04. The van der Waals surface area contributed by atoms with E-state index in [1.807, 2.05) is 55.5 Å². The van der Waals surface area contributed by atoms with Gasteiger partial charge in [-0.1, -0.05) is 70.6 Å². The molecular formula is C23H18BrN5O2S. The van der Waals surface area contributed by atoms with Crippen molar-refractivity contribution in [3.05, 3.63) is 82.3 Å². The van der Waals surface area contributed by atoms with Crippen molar-refractivity contribution in [2.45, 2.75) is 19.9 Å². The number of carbonyl (C=O) groups is 1. The Labute approximate surface area is 196 Å². The molecule has 9 heteroatoms. The van der Waals surface area contributed by atoms with Gasteiger partial charge >= 0.3 is 0 Å². The Balaban J connectivity index is 1.23. The number of halogens is 1. The van der Waals surface area contributed by atoms with E-state index in [1.54, 1.807) is 16.6 Å². The number of nitrogens with zero attached hydrogens (tertiary/aromatic N) is 4. The minimum Gasteiger partial charge on any atom is -0.451 e. The second-order valence-electron chi connectivity index (χ2n) is 7.12. The molecule has 5 rings (SSSR count). The van der Waals surface area contributed by atoms with Crippen LogP contribution in [0.25, 0.3) is 26.9 Å². The summed E-state index contributed by atoms with van der Waals surface area (Å²) in [6.45, 7) is 2.43. The number of nitrogens with one attached hydrogen (secondary N) is 1. The van der Waals surface area contributed by atoms with Gasteiger partial charge in [0.15, 0.2) is 11.6 Å². The van der Waals surface area contributed by atoms with E-state index in [1.165, 1.54) is 11.3 Å². The molecule has 0 bridgehead atoms. The lowest BCUT2D eigenvalue weighted by Crippen LogP contribution is -2.22.